The maximum atomic E-state index is 11.6. The molecule has 2 nitrogen and oxygen atoms in total. The molecule has 16 heavy (non-hydrogen) atoms. The van der Waals surface area contributed by atoms with Gasteiger partial charge in [0.15, 0.2) is 0 Å². The lowest BCUT2D eigenvalue weighted by Crippen LogP contribution is -1.86. The van der Waals surface area contributed by atoms with E-state index in [1.54, 1.807) is 29.2 Å². The van der Waals surface area contributed by atoms with Crippen molar-refractivity contribution in [2.75, 3.05) is 5.75 Å². The fourth-order valence-corrected chi connectivity index (χ4v) is 3.57. The minimum absolute atomic E-state index is 0.134. The molecular formula is C11H9NOS3. The predicted octanol–water partition coefficient (Wildman–Crippen LogP) is 3.64. The van der Waals surface area contributed by atoms with Crippen LogP contribution in [0, 0.1) is 0 Å². The average molecular weight is 267 g/mol. The number of hydrogen-bond donors (Lipinski definition) is 0. The molecule has 0 saturated carbocycles. The lowest BCUT2D eigenvalue weighted by Gasteiger charge is -1.93. The van der Waals surface area contributed by atoms with E-state index >= 15 is 0 Å². The third-order valence-electron chi connectivity index (χ3n) is 1.74. The first-order valence-corrected chi connectivity index (χ1v) is 7.27. The number of nitrogens with zero attached hydrogens (tertiary/aromatic N) is 1. The van der Waals surface area contributed by atoms with Crippen LogP contribution in [0.5, 0.6) is 0 Å². The van der Waals surface area contributed by atoms with Gasteiger partial charge in [0.25, 0.3) is 5.91 Å². The summed E-state index contributed by atoms with van der Waals surface area (Å²) in [7, 11) is 0. The fraction of sp³-hybridized carbons (Fsp3) is 0.0909. The molecule has 1 aliphatic rings. The van der Waals surface area contributed by atoms with Gasteiger partial charge in [0.1, 0.15) is 4.38 Å². The standard InChI is InChI=1S/C11H9NOS3/c1-2-5-15-11-12-10(13)9(16-11)7-8-4-3-6-14-8/h2-4,6-7H,1,5H2/b9-7+. The number of hydrogen-bond acceptors (Lipinski definition) is 4. The molecule has 0 atom stereocenters. The first kappa shape index (κ1) is 11.7. The van der Waals surface area contributed by atoms with E-state index in [9.17, 15) is 4.79 Å². The van der Waals surface area contributed by atoms with E-state index in [1.165, 1.54) is 11.8 Å². The van der Waals surface area contributed by atoms with E-state index in [1.807, 2.05) is 23.6 Å². The molecule has 0 fully saturated rings. The summed E-state index contributed by atoms with van der Waals surface area (Å²) < 4.78 is 0.813. The Kier molecular flexibility index (Phi) is 4.04. The Bertz CT molecular complexity index is 460. The molecule has 0 aliphatic carbocycles. The SMILES string of the molecule is C=CCSC1=NC(=O)/C(=C\c2cccs2)S1. The van der Waals surface area contributed by atoms with E-state index in [2.05, 4.69) is 11.6 Å². The van der Waals surface area contributed by atoms with Crippen molar-refractivity contribution in [3.63, 3.8) is 0 Å². The minimum Gasteiger partial charge on any atom is -0.266 e. The van der Waals surface area contributed by atoms with Crippen LogP contribution < -0.4 is 0 Å². The summed E-state index contributed by atoms with van der Waals surface area (Å²) in [4.78, 5) is 17.3. The second-order valence-corrected chi connectivity index (χ2v) is 6.19. The van der Waals surface area contributed by atoms with Gasteiger partial charge in [0.05, 0.1) is 4.91 Å². The molecule has 1 aliphatic heterocycles. The summed E-state index contributed by atoms with van der Waals surface area (Å²) in [6.07, 6.45) is 3.70. The van der Waals surface area contributed by atoms with Gasteiger partial charge in [-0.3, -0.25) is 4.79 Å². The Balaban J connectivity index is 2.06. The number of carbonyl (C=O) groups is 1. The molecule has 1 aromatic rings. The van der Waals surface area contributed by atoms with Crippen LogP contribution in [-0.2, 0) is 4.79 Å². The van der Waals surface area contributed by atoms with Gasteiger partial charge >= 0.3 is 0 Å². The maximum Gasteiger partial charge on any atom is 0.285 e. The van der Waals surface area contributed by atoms with Gasteiger partial charge in [-0.1, -0.05) is 35.7 Å². The van der Waals surface area contributed by atoms with Crippen molar-refractivity contribution >= 4 is 51.2 Å². The molecule has 82 valence electrons. The summed E-state index contributed by atoms with van der Waals surface area (Å²) in [6, 6.07) is 3.95. The van der Waals surface area contributed by atoms with Crippen molar-refractivity contribution in [3.05, 3.63) is 40.0 Å². The van der Waals surface area contributed by atoms with Crippen LogP contribution >= 0.6 is 34.9 Å². The van der Waals surface area contributed by atoms with Gasteiger partial charge in [-0.2, -0.15) is 4.99 Å². The third-order valence-corrected chi connectivity index (χ3v) is 4.68. The van der Waals surface area contributed by atoms with Gasteiger partial charge in [-0.15, -0.1) is 17.9 Å². The van der Waals surface area contributed by atoms with E-state index in [0.717, 1.165) is 15.0 Å². The molecule has 2 rings (SSSR count). The fourth-order valence-electron chi connectivity index (χ4n) is 1.08. The van der Waals surface area contributed by atoms with Crippen LogP contribution in [0.1, 0.15) is 4.88 Å². The first-order valence-electron chi connectivity index (χ1n) is 4.59. The number of rotatable bonds is 3. The molecule has 0 N–H and O–H groups in total. The summed E-state index contributed by atoms with van der Waals surface area (Å²) in [5, 5.41) is 1.99. The van der Waals surface area contributed by atoms with E-state index < -0.39 is 0 Å². The number of thioether (sulfide) groups is 2. The average Bonchev–Trinajstić information content (AvgIpc) is 2.87. The molecule has 1 aromatic heterocycles. The zero-order chi connectivity index (χ0) is 11.4. The molecular weight excluding hydrogens is 258 g/mol. The van der Waals surface area contributed by atoms with Crippen LogP contribution in [0.4, 0.5) is 0 Å². The first-order chi connectivity index (χ1) is 7.79. The minimum atomic E-state index is -0.134. The Hall–Kier alpha value is -0.780. The summed E-state index contributed by atoms with van der Waals surface area (Å²) in [5.74, 6) is 0.649. The molecule has 0 saturated heterocycles. The smallest absolute Gasteiger partial charge is 0.266 e. The Morgan fingerprint density at radius 3 is 3.12 bits per heavy atom. The number of thiophene rings is 1. The zero-order valence-corrected chi connectivity index (χ0v) is 10.8. The van der Waals surface area contributed by atoms with E-state index in [4.69, 9.17) is 0 Å². The highest BCUT2D eigenvalue weighted by Gasteiger charge is 2.21. The van der Waals surface area contributed by atoms with Crippen LogP contribution in [-0.4, -0.2) is 16.0 Å². The quantitative estimate of drug-likeness (QED) is 0.618. The molecule has 0 bridgehead atoms. The molecule has 0 radical (unpaired) electrons. The van der Waals surface area contributed by atoms with Crippen LogP contribution in [0.2, 0.25) is 0 Å². The van der Waals surface area contributed by atoms with Crippen molar-refractivity contribution in [1.29, 1.82) is 0 Å². The Morgan fingerprint density at radius 1 is 1.56 bits per heavy atom. The van der Waals surface area contributed by atoms with Crippen molar-refractivity contribution in [2.45, 2.75) is 0 Å². The Labute approximate surface area is 107 Å². The van der Waals surface area contributed by atoms with Crippen LogP contribution in [0.3, 0.4) is 0 Å². The summed E-state index contributed by atoms with van der Waals surface area (Å²) in [6.45, 7) is 3.64. The van der Waals surface area contributed by atoms with Gasteiger partial charge < -0.3 is 0 Å². The molecule has 0 spiro atoms. The van der Waals surface area contributed by atoms with Crippen molar-refractivity contribution in [2.24, 2.45) is 4.99 Å². The van der Waals surface area contributed by atoms with E-state index in [0.29, 0.717) is 4.91 Å². The molecule has 2 heterocycles. The molecule has 0 unspecified atom stereocenters. The van der Waals surface area contributed by atoms with Crippen LogP contribution in [0.25, 0.3) is 6.08 Å². The largest absolute Gasteiger partial charge is 0.285 e. The molecule has 5 heteroatoms. The number of amides is 1. The topological polar surface area (TPSA) is 29.4 Å². The monoisotopic (exact) mass is 267 g/mol. The number of aliphatic imine (C=N–C) groups is 1. The normalized spacial score (nSPS) is 17.9. The molecule has 1 amide bonds. The third kappa shape index (κ3) is 2.87. The zero-order valence-electron chi connectivity index (χ0n) is 8.38. The molecule has 0 aromatic carbocycles. The van der Waals surface area contributed by atoms with Gasteiger partial charge in [0.2, 0.25) is 0 Å². The highest BCUT2D eigenvalue weighted by atomic mass is 32.2. The highest BCUT2D eigenvalue weighted by Crippen LogP contribution is 2.34. The van der Waals surface area contributed by atoms with Crippen molar-refractivity contribution in [3.8, 4) is 0 Å². The summed E-state index contributed by atoms with van der Waals surface area (Å²) in [5.41, 5.74) is 0. The second-order valence-electron chi connectivity index (χ2n) is 2.91. The lowest BCUT2D eigenvalue weighted by molar-refractivity contribution is -0.113. The van der Waals surface area contributed by atoms with Gasteiger partial charge in [-0.25, -0.2) is 0 Å². The number of carbonyl (C=O) groups excluding carboxylic acids is 1. The van der Waals surface area contributed by atoms with Gasteiger partial charge in [0, 0.05) is 10.6 Å². The maximum absolute atomic E-state index is 11.6. The second kappa shape index (κ2) is 5.52. The summed E-state index contributed by atoms with van der Waals surface area (Å²) >= 11 is 4.60. The van der Waals surface area contributed by atoms with Gasteiger partial charge in [-0.05, 0) is 17.5 Å². The van der Waals surface area contributed by atoms with Crippen molar-refractivity contribution in [1.82, 2.24) is 0 Å². The van der Waals surface area contributed by atoms with E-state index in [-0.39, 0.29) is 5.91 Å². The predicted molar refractivity (Wildman–Crippen MR) is 75.0 cm³/mol. The highest BCUT2D eigenvalue weighted by molar-refractivity contribution is 8.41. The van der Waals surface area contributed by atoms with Crippen molar-refractivity contribution < 1.29 is 4.79 Å². The lowest BCUT2D eigenvalue weighted by atomic mass is 10.4. The Morgan fingerprint density at radius 2 is 2.44 bits per heavy atom. The van der Waals surface area contributed by atoms with Crippen LogP contribution in [0.15, 0.2) is 40.1 Å².